The fraction of sp³-hybridized carbons (Fsp3) is 0.500. The van der Waals surface area contributed by atoms with Crippen LogP contribution in [0.15, 0.2) is 35.6 Å². The lowest BCUT2D eigenvalue weighted by atomic mass is 9.97. The molecule has 7 nitrogen and oxygen atoms in total. The second-order valence-corrected chi connectivity index (χ2v) is 7.73. The molecule has 0 aliphatic carbocycles. The van der Waals surface area contributed by atoms with E-state index >= 15 is 0 Å². The van der Waals surface area contributed by atoms with Crippen LogP contribution in [0, 0.1) is 16.0 Å². The summed E-state index contributed by atoms with van der Waals surface area (Å²) in [6, 6.07) is 7.44. The normalized spacial score (nSPS) is 24.1. The van der Waals surface area contributed by atoms with E-state index in [9.17, 15) is 10.1 Å². The Morgan fingerprint density at radius 3 is 2.92 bits per heavy atom. The maximum atomic E-state index is 11.0. The number of rotatable bonds is 5. The molecule has 0 radical (unpaired) electrons. The van der Waals surface area contributed by atoms with Crippen LogP contribution < -0.4 is 0 Å². The summed E-state index contributed by atoms with van der Waals surface area (Å²) in [6.07, 6.45) is 4.64. The highest BCUT2D eigenvalue weighted by Gasteiger charge is 2.36. The second kappa shape index (κ2) is 7.63. The van der Waals surface area contributed by atoms with E-state index in [1.807, 2.05) is 40.3 Å². The zero-order valence-corrected chi connectivity index (χ0v) is 15.7. The van der Waals surface area contributed by atoms with Crippen LogP contribution >= 0.6 is 11.6 Å². The number of halogens is 1. The first-order chi connectivity index (χ1) is 12.3. The van der Waals surface area contributed by atoms with Gasteiger partial charge in [-0.25, -0.2) is 10.1 Å². The van der Waals surface area contributed by atoms with Crippen molar-refractivity contribution in [3.8, 4) is 0 Å². The maximum absolute atomic E-state index is 11.0. The van der Waals surface area contributed by atoms with Crippen LogP contribution in [0.1, 0.15) is 25.8 Å². The van der Waals surface area contributed by atoms with E-state index in [0.29, 0.717) is 43.1 Å². The highest BCUT2D eigenvalue weighted by atomic mass is 35.5. The van der Waals surface area contributed by atoms with Gasteiger partial charge in [0.2, 0.25) is 0 Å². The van der Waals surface area contributed by atoms with Crippen LogP contribution in [0.25, 0.3) is 6.08 Å². The first kappa shape index (κ1) is 18.7. The smallest absolute Gasteiger partial charge is 0.278 e. The van der Waals surface area contributed by atoms with E-state index in [1.165, 1.54) is 0 Å². The van der Waals surface area contributed by atoms with Gasteiger partial charge in [-0.3, -0.25) is 0 Å². The van der Waals surface area contributed by atoms with Gasteiger partial charge >= 0.3 is 0 Å². The second-order valence-electron chi connectivity index (χ2n) is 7.29. The summed E-state index contributed by atoms with van der Waals surface area (Å²) in [4.78, 5) is 14.8. The van der Waals surface area contributed by atoms with Crippen LogP contribution in [0.5, 0.6) is 0 Å². The van der Waals surface area contributed by atoms with Crippen LogP contribution in [0.2, 0.25) is 5.02 Å². The fourth-order valence-electron chi connectivity index (χ4n) is 3.49. The number of nitro groups is 1. The van der Waals surface area contributed by atoms with Gasteiger partial charge in [-0.15, -0.1) is 0 Å². The van der Waals surface area contributed by atoms with Crippen molar-refractivity contribution in [2.24, 2.45) is 11.0 Å². The molecular formula is C18H23ClN4O3. The van der Waals surface area contributed by atoms with Gasteiger partial charge in [0.05, 0.1) is 12.2 Å². The molecule has 2 fully saturated rings. The quantitative estimate of drug-likeness (QED) is 0.580. The number of hydrogen-bond donors (Lipinski definition) is 0. The topological polar surface area (TPSA) is 71.2 Å². The first-order valence-electron chi connectivity index (χ1n) is 8.65. The molecule has 140 valence electrons. The molecule has 2 aliphatic heterocycles. The highest BCUT2D eigenvalue weighted by molar-refractivity contribution is 6.30. The Morgan fingerprint density at radius 2 is 2.27 bits per heavy atom. The lowest BCUT2D eigenvalue weighted by Crippen LogP contribution is -2.35. The number of guanidine groups is 1. The van der Waals surface area contributed by atoms with E-state index in [4.69, 9.17) is 16.3 Å². The molecule has 0 N–H and O–H groups in total. The molecule has 1 atom stereocenters. The van der Waals surface area contributed by atoms with Crippen molar-refractivity contribution in [3.63, 3.8) is 0 Å². The van der Waals surface area contributed by atoms with Gasteiger partial charge in [0, 0.05) is 36.8 Å². The maximum Gasteiger partial charge on any atom is 0.278 e. The zero-order valence-electron chi connectivity index (χ0n) is 15.0. The van der Waals surface area contributed by atoms with Crippen LogP contribution in [0.3, 0.4) is 0 Å². The average molecular weight is 379 g/mol. The largest absolute Gasteiger partial charge is 0.375 e. The predicted molar refractivity (Wildman–Crippen MR) is 101 cm³/mol. The molecule has 2 saturated heterocycles. The number of hydrogen-bond acceptors (Lipinski definition) is 3. The molecule has 2 heterocycles. The third kappa shape index (κ3) is 4.74. The number of hydrazone groups is 1. The molecule has 3 rings (SSSR count). The molecule has 8 heteroatoms. The molecule has 0 amide bonds. The zero-order chi connectivity index (χ0) is 18.7. The van der Waals surface area contributed by atoms with Crippen molar-refractivity contribution in [1.82, 2.24) is 9.80 Å². The Labute approximate surface area is 158 Å². The van der Waals surface area contributed by atoms with Gasteiger partial charge in [-0.05, 0) is 44.0 Å². The lowest BCUT2D eigenvalue weighted by molar-refractivity contribution is -0.486. The molecule has 1 aromatic rings. The van der Waals surface area contributed by atoms with E-state index in [0.717, 1.165) is 12.0 Å². The van der Waals surface area contributed by atoms with Crippen molar-refractivity contribution in [1.29, 1.82) is 0 Å². The van der Waals surface area contributed by atoms with E-state index in [1.54, 1.807) is 6.07 Å². The monoisotopic (exact) mass is 378 g/mol. The van der Waals surface area contributed by atoms with Crippen LogP contribution in [-0.4, -0.2) is 52.6 Å². The summed E-state index contributed by atoms with van der Waals surface area (Å²) < 4.78 is 5.78. The van der Waals surface area contributed by atoms with Gasteiger partial charge in [0.15, 0.2) is 5.03 Å². The van der Waals surface area contributed by atoms with Gasteiger partial charge < -0.3 is 14.5 Å². The minimum atomic E-state index is -0.636. The van der Waals surface area contributed by atoms with E-state index in [2.05, 4.69) is 18.9 Å². The Bertz CT molecular complexity index is 735. The van der Waals surface area contributed by atoms with Crippen molar-refractivity contribution >= 4 is 23.6 Å². The van der Waals surface area contributed by atoms with Gasteiger partial charge in [-0.2, -0.15) is 0 Å². The van der Waals surface area contributed by atoms with Gasteiger partial charge in [0.25, 0.3) is 5.96 Å². The Balaban J connectivity index is 1.71. The fourth-order valence-corrected chi connectivity index (χ4v) is 3.69. The molecule has 0 aromatic heterocycles. The highest BCUT2D eigenvalue weighted by Crippen LogP contribution is 2.30. The summed E-state index contributed by atoms with van der Waals surface area (Å²) in [6.45, 7) is 6.88. The van der Waals surface area contributed by atoms with E-state index in [-0.39, 0.29) is 5.60 Å². The SMILES string of the molecule is CC1(C)CC(CN2CCN(C=Cc3cccc(Cl)c3)C2=N[N+](=O)[O-])CO1. The van der Waals surface area contributed by atoms with Gasteiger partial charge in [0.1, 0.15) is 5.10 Å². The number of benzene rings is 1. The van der Waals surface area contributed by atoms with Crippen molar-refractivity contribution in [2.45, 2.75) is 25.9 Å². The average Bonchev–Trinajstić information content (AvgIpc) is 3.09. The standard InChI is InChI=1S/C18H23ClN4O3/c1-18(2)11-15(13-26-18)12-22-9-8-21(17(22)20-23(24)25)7-6-14-4-3-5-16(19)10-14/h3-7,10,15H,8-9,11-13H2,1-2H3. The summed E-state index contributed by atoms with van der Waals surface area (Å²) in [7, 11) is 0. The Hall–Kier alpha value is -2.12. The lowest BCUT2D eigenvalue weighted by Gasteiger charge is -2.22. The third-order valence-corrected chi connectivity index (χ3v) is 4.82. The number of nitrogens with zero attached hydrogens (tertiary/aromatic N) is 4. The molecule has 0 saturated carbocycles. The minimum absolute atomic E-state index is 0.128. The minimum Gasteiger partial charge on any atom is -0.375 e. The predicted octanol–water partition coefficient (Wildman–Crippen LogP) is 3.29. The van der Waals surface area contributed by atoms with Crippen molar-refractivity contribution < 1.29 is 9.77 Å². The van der Waals surface area contributed by atoms with Crippen LogP contribution in [0.4, 0.5) is 0 Å². The number of ether oxygens (including phenoxy) is 1. The summed E-state index contributed by atoms with van der Waals surface area (Å²) >= 11 is 6.00. The molecule has 2 aliphatic rings. The molecular weight excluding hydrogens is 356 g/mol. The third-order valence-electron chi connectivity index (χ3n) is 4.59. The Kier molecular flexibility index (Phi) is 5.48. The summed E-state index contributed by atoms with van der Waals surface area (Å²) in [5.41, 5.74) is 0.805. The van der Waals surface area contributed by atoms with Crippen molar-refractivity contribution in [3.05, 3.63) is 51.2 Å². The molecule has 0 spiro atoms. The molecule has 26 heavy (non-hydrogen) atoms. The Morgan fingerprint density at radius 1 is 1.46 bits per heavy atom. The van der Waals surface area contributed by atoms with Crippen LogP contribution in [-0.2, 0) is 4.74 Å². The summed E-state index contributed by atoms with van der Waals surface area (Å²) in [5.74, 6) is 0.719. The summed E-state index contributed by atoms with van der Waals surface area (Å²) in [5, 5.41) is 14.6. The van der Waals surface area contributed by atoms with Gasteiger partial charge in [-0.1, -0.05) is 23.7 Å². The first-order valence-corrected chi connectivity index (χ1v) is 9.02. The molecule has 1 unspecified atom stereocenters. The molecule has 0 bridgehead atoms. The van der Waals surface area contributed by atoms with E-state index < -0.39 is 5.03 Å². The van der Waals surface area contributed by atoms with Crippen molar-refractivity contribution in [2.75, 3.05) is 26.2 Å². The molecule has 1 aromatic carbocycles.